The van der Waals surface area contributed by atoms with E-state index < -0.39 is 0 Å². The lowest BCUT2D eigenvalue weighted by molar-refractivity contribution is -0.125. The Hall–Kier alpha value is -1.95. The molecule has 1 saturated heterocycles. The summed E-state index contributed by atoms with van der Waals surface area (Å²) in [4.78, 5) is 12.7. The van der Waals surface area contributed by atoms with E-state index in [1.54, 1.807) is 12.1 Å². The molecule has 2 aromatic carbocycles. The lowest BCUT2D eigenvalue weighted by Crippen LogP contribution is -2.36. The Kier molecular flexibility index (Phi) is 5.14. The molecule has 1 heterocycles. The molecular formula is C18H19ClFN3O. The van der Waals surface area contributed by atoms with E-state index in [9.17, 15) is 9.18 Å². The molecule has 24 heavy (non-hydrogen) atoms. The number of halogens is 2. The molecule has 3 atom stereocenters. The normalized spacial score (nSPS) is 21.5. The number of nitrogens with one attached hydrogen (secondary N) is 3. The molecule has 126 valence electrons. The van der Waals surface area contributed by atoms with E-state index in [1.807, 2.05) is 31.2 Å². The van der Waals surface area contributed by atoms with Gasteiger partial charge in [-0.1, -0.05) is 35.9 Å². The van der Waals surface area contributed by atoms with Gasteiger partial charge in [0.25, 0.3) is 0 Å². The van der Waals surface area contributed by atoms with E-state index in [4.69, 9.17) is 11.6 Å². The fourth-order valence-corrected chi connectivity index (χ4v) is 3.01. The molecule has 0 aromatic heterocycles. The maximum Gasteiger partial charge on any atom is 0.226 e. The van der Waals surface area contributed by atoms with Crippen molar-refractivity contribution in [2.75, 3.05) is 6.54 Å². The van der Waals surface area contributed by atoms with Gasteiger partial charge in [-0.2, -0.15) is 0 Å². The average Bonchev–Trinajstić information content (AvgIpc) is 3.06. The summed E-state index contributed by atoms with van der Waals surface area (Å²) in [6.45, 7) is 2.42. The predicted molar refractivity (Wildman–Crippen MR) is 91.8 cm³/mol. The topological polar surface area (TPSA) is 53.2 Å². The van der Waals surface area contributed by atoms with Crippen molar-refractivity contribution in [1.29, 1.82) is 0 Å². The highest BCUT2D eigenvalue weighted by molar-refractivity contribution is 6.30. The van der Waals surface area contributed by atoms with Crippen LogP contribution in [0.5, 0.6) is 0 Å². The second kappa shape index (κ2) is 7.30. The van der Waals surface area contributed by atoms with Crippen molar-refractivity contribution in [3.8, 4) is 0 Å². The highest BCUT2D eigenvalue weighted by Gasteiger charge is 2.34. The number of hydrazine groups is 1. The van der Waals surface area contributed by atoms with E-state index in [0.717, 1.165) is 11.1 Å². The molecule has 4 nitrogen and oxygen atoms in total. The van der Waals surface area contributed by atoms with Crippen molar-refractivity contribution in [2.24, 2.45) is 5.92 Å². The first-order valence-electron chi connectivity index (χ1n) is 7.84. The molecule has 0 saturated carbocycles. The van der Waals surface area contributed by atoms with Gasteiger partial charge in [0.1, 0.15) is 5.82 Å². The van der Waals surface area contributed by atoms with Gasteiger partial charge in [-0.05, 0) is 42.3 Å². The molecule has 1 aliphatic rings. The molecule has 0 radical (unpaired) electrons. The second-order valence-electron chi connectivity index (χ2n) is 5.94. The van der Waals surface area contributed by atoms with Crippen LogP contribution in [0.3, 0.4) is 0 Å². The minimum Gasteiger partial charge on any atom is -0.349 e. The van der Waals surface area contributed by atoms with Gasteiger partial charge in [0.2, 0.25) is 5.91 Å². The van der Waals surface area contributed by atoms with Gasteiger partial charge in [0, 0.05) is 11.6 Å². The molecule has 3 N–H and O–H groups in total. The van der Waals surface area contributed by atoms with Crippen LogP contribution in [0.15, 0.2) is 48.5 Å². The standard InChI is InChI=1S/C18H19ClFN3O/c1-11(12-4-8-15(20)9-5-12)22-18(24)16-10-21-23-17(16)13-2-6-14(19)7-3-13/h2-9,11,16-17,21,23H,10H2,1H3,(H,22,24). The van der Waals surface area contributed by atoms with Gasteiger partial charge in [0.05, 0.1) is 18.0 Å². The average molecular weight is 348 g/mol. The van der Waals surface area contributed by atoms with Crippen LogP contribution >= 0.6 is 11.6 Å². The van der Waals surface area contributed by atoms with E-state index in [-0.39, 0.29) is 29.7 Å². The van der Waals surface area contributed by atoms with Crippen LogP contribution in [0.25, 0.3) is 0 Å². The first kappa shape index (κ1) is 16.9. The number of carbonyl (C=O) groups excluding carboxylic acids is 1. The number of hydrogen-bond donors (Lipinski definition) is 3. The van der Waals surface area contributed by atoms with Crippen LogP contribution in [0.1, 0.15) is 30.1 Å². The molecule has 1 aliphatic heterocycles. The van der Waals surface area contributed by atoms with Crippen molar-refractivity contribution in [2.45, 2.75) is 19.0 Å². The van der Waals surface area contributed by atoms with Gasteiger partial charge in [-0.25, -0.2) is 9.82 Å². The van der Waals surface area contributed by atoms with Crippen LogP contribution in [-0.2, 0) is 4.79 Å². The van der Waals surface area contributed by atoms with E-state index in [1.165, 1.54) is 12.1 Å². The Morgan fingerprint density at radius 2 is 1.88 bits per heavy atom. The smallest absolute Gasteiger partial charge is 0.226 e. The maximum atomic E-state index is 13.0. The lowest BCUT2D eigenvalue weighted by atomic mass is 9.93. The van der Waals surface area contributed by atoms with Crippen molar-refractivity contribution < 1.29 is 9.18 Å². The Bertz CT molecular complexity index is 705. The fourth-order valence-electron chi connectivity index (χ4n) is 2.88. The highest BCUT2D eigenvalue weighted by Crippen LogP contribution is 2.27. The third kappa shape index (κ3) is 3.75. The summed E-state index contributed by atoms with van der Waals surface area (Å²) in [5.74, 6) is -0.581. The van der Waals surface area contributed by atoms with Gasteiger partial charge >= 0.3 is 0 Å². The Morgan fingerprint density at radius 3 is 2.54 bits per heavy atom. The number of hydrogen-bond acceptors (Lipinski definition) is 3. The summed E-state index contributed by atoms with van der Waals surface area (Å²) in [6, 6.07) is 13.3. The number of benzene rings is 2. The van der Waals surface area contributed by atoms with Crippen LogP contribution < -0.4 is 16.2 Å². The zero-order valence-corrected chi connectivity index (χ0v) is 14.0. The molecule has 0 bridgehead atoms. The van der Waals surface area contributed by atoms with E-state index in [0.29, 0.717) is 11.6 Å². The van der Waals surface area contributed by atoms with Gasteiger partial charge < -0.3 is 5.32 Å². The minimum absolute atomic E-state index is 0.0516. The predicted octanol–water partition coefficient (Wildman–Crippen LogP) is 3.12. The summed E-state index contributed by atoms with van der Waals surface area (Å²) < 4.78 is 13.0. The molecule has 0 spiro atoms. The van der Waals surface area contributed by atoms with Crippen molar-refractivity contribution in [1.82, 2.24) is 16.2 Å². The third-order valence-corrected chi connectivity index (χ3v) is 4.53. The summed E-state index contributed by atoms with van der Waals surface area (Å²) >= 11 is 5.92. The van der Waals surface area contributed by atoms with Gasteiger partial charge in [-0.15, -0.1) is 0 Å². The summed E-state index contributed by atoms with van der Waals surface area (Å²) in [6.07, 6.45) is 0. The van der Waals surface area contributed by atoms with Gasteiger partial charge in [0.15, 0.2) is 0 Å². The maximum absolute atomic E-state index is 13.0. The number of amides is 1. The van der Waals surface area contributed by atoms with Crippen molar-refractivity contribution in [3.63, 3.8) is 0 Å². The third-order valence-electron chi connectivity index (χ3n) is 4.28. The van der Waals surface area contributed by atoms with Crippen molar-refractivity contribution >= 4 is 17.5 Å². The Morgan fingerprint density at radius 1 is 1.21 bits per heavy atom. The number of rotatable bonds is 4. The Balaban J connectivity index is 1.69. The zero-order chi connectivity index (χ0) is 17.1. The highest BCUT2D eigenvalue weighted by atomic mass is 35.5. The van der Waals surface area contributed by atoms with Gasteiger partial charge in [-0.3, -0.25) is 10.2 Å². The van der Waals surface area contributed by atoms with E-state index >= 15 is 0 Å². The molecule has 1 amide bonds. The summed E-state index contributed by atoms with van der Waals surface area (Å²) in [7, 11) is 0. The van der Waals surface area contributed by atoms with Crippen molar-refractivity contribution in [3.05, 3.63) is 70.5 Å². The van der Waals surface area contributed by atoms with Crippen LogP contribution in [0, 0.1) is 11.7 Å². The zero-order valence-electron chi connectivity index (χ0n) is 13.2. The molecule has 2 aromatic rings. The summed E-state index contributed by atoms with van der Waals surface area (Å²) in [5.41, 5.74) is 8.05. The van der Waals surface area contributed by atoms with Crippen LogP contribution in [-0.4, -0.2) is 12.5 Å². The lowest BCUT2D eigenvalue weighted by Gasteiger charge is -2.21. The second-order valence-corrected chi connectivity index (χ2v) is 6.38. The largest absolute Gasteiger partial charge is 0.349 e. The molecular weight excluding hydrogens is 329 g/mol. The van der Waals surface area contributed by atoms with Crippen LogP contribution in [0.4, 0.5) is 4.39 Å². The molecule has 3 rings (SSSR count). The minimum atomic E-state index is -0.288. The molecule has 6 heteroatoms. The molecule has 0 aliphatic carbocycles. The first-order valence-corrected chi connectivity index (χ1v) is 8.22. The molecule has 3 unspecified atom stereocenters. The van der Waals surface area contributed by atoms with E-state index in [2.05, 4.69) is 16.2 Å². The SMILES string of the molecule is CC(NC(=O)C1CNNC1c1ccc(Cl)cc1)c1ccc(F)cc1. The monoisotopic (exact) mass is 347 g/mol. The number of carbonyl (C=O) groups is 1. The Labute approximate surface area is 145 Å². The fraction of sp³-hybridized carbons (Fsp3) is 0.278. The summed E-state index contributed by atoms with van der Waals surface area (Å²) in [5, 5.41) is 3.66. The van der Waals surface area contributed by atoms with Crippen LogP contribution in [0.2, 0.25) is 5.02 Å². The quantitative estimate of drug-likeness (QED) is 0.796. The molecule has 1 fully saturated rings. The first-order chi connectivity index (χ1) is 11.5.